The largest absolute Gasteiger partial charge is 0.371 e. The van der Waals surface area contributed by atoms with E-state index in [0.717, 1.165) is 19.5 Å². The number of likely N-dealkylation sites (N-methyl/N-ethyl adjacent to an activating group) is 1. The van der Waals surface area contributed by atoms with Crippen molar-refractivity contribution in [1.82, 2.24) is 4.90 Å². The molecule has 2 nitrogen and oxygen atoms in total. The lowest BCUT2D eigenvalue weighted by atomic mass is 9.82. The Hall–Kier alpha value is -1.09. The average molecular weight is 290 g/mol. The predicted octanol–water partition coefficient (Wildman–Crippen LogP) is 3.29. The molecule has 0 spiro atoms. The molecule has 106 valence electrons. The Bertz CT molecular complexity index is 547. The number of rotatable bonds is 1. The second-order valence-corrected chi connectivity index (χ2v) is 6.51. The molecule has 2 unspecified atom stereocenters. The zero-order chi connectivity index (χ0) is 14.2. The Kier molecular flexibility index (Phi) is 3.72. The lowest BCUT2D eigenvalue weighted by Gasteiger charge is -2.30. The van der Waals surface area contributed by atoms with Crippen LogP contribution in [0.2, 0.25) is 0 Å². The van der Waals surface area contributed by atoms with Crippen molar-refractivity contribution in [1.29, 1.82) is 0 Å². The summed E-state index contributed by atoms with van der Waals surface area (Å²) < 4.78 is 0. The summed E-state index contributed by atoms with van der Waals surface area (Å²) in [5, 5.41) is 8.94. The Labute approximate surface area is 125 Å². The Morgan fingerprint density at radius 2 is 2.05 bits per heavy atom. The molecule has 0 amide bonds. The third kappa shape index (κ3) is 2.83. The molecule has 2 atom stereocenters. The number of alkyl halides is 1. The van der Waals surface area contributed by atoms with Crippen LogP contribution < -0.4 is 0 Å². The number of aliphatic hydroxyl groups is 1. The minimum atomic E-state index is -1.23. The first kappa shape index (κ1) is 13.9. The topological polar surface area (TPSA) is 23.5 Å². The van der Waals surface area contributed by atoms with Crippen molar-refractivity contribution in [2.45, 2.75) is 23.8 Å². The smallest absolute Gasteiger partial charge is 0.161 e. The summed E-state index contributed by atoms with van der Waals surface area (Å²) >= 11 is 6.16. The minimum Gasteiger partial charge on any atom is -0.371 e. The van der Waals surface area contributed by atoms with Gasteiger partial charge in [0, 0.05) is 25.4 Å². The normalized spacial score (nSPS) is 31.1. The van der Waals surface area contributed by atoms with Gasteiger partial charge in [-0.25, -0.2) is 0 Å². The molecule has 20 heavy (non-hydrogen) atoms. The van der Waals surface area contributed by atoms with Crippen LogP contribution in [0.15, 0.2) is 53.6 Å². The molecule has 1 aliphatic heterocycles. The van der Waals surface area contributed by atoms with Gasteiger partial charge in [0.15, 0.2) is 5.06 Å². The van der Waals surface area contributed by atoms with Gasteiger partial charge < -0.3 is 10.0 Å². The molecule has 3 rings (SSSR count). The predicted molar refractivity (Wildman–Crippen MR) is 82.9 cm³/mol. The van der Waals surface area contributed by atoms with Crippen molar-refractivity contribution in [3.63, 3.8) is 0 Å². The first-order chi connectivity index (χ1) is 9.55. The Morgan fingerprint density at radius 3 is 2.80 bits per heavy atom. The fraction of sp³-hybridized carbons (Fsp3) is 0.412. The SMILES string of the molecule is CN1CCC2=C(CC(O)(Cl)C=C2)C(c2ccccc2)C1. The number of halogens is 1. The molecule has 1 aliphatic carbocycles. The van der Waals surface area contributed by atoms with E-state index in [-0.39, 0.29) is 0 Å². The van der Waals surface area contributed by atoms with Crippen LogP contribution in [0.25, 0.3) is 0 Å². The molecule has 1 N–H and O–H groups in total. The average Bonchev–Trinajstić information content (AvgIpc) is 2.58. The Morgan fingerprint density at radius 1 is 1.30 bits per heavy atom. The number of hydrogen-bond donors (Lipinski definition) is 1. The molecule has 0 radical (unpaired) electrons. The Balaban J connectivity index is 2.02. The maximum atomic E-state index is 10.2. The second kappa shape index (κ2) is 5.36. The van der Waals surface area contributed by atoms with Crippen LogP contribution in [0.4, 0.5) is 0 Å². The van der Waals surface area contributed by atoms with Gasteiger partial charge in [0.25, 0.3) is 0 Å². The van der Waals surface area contributed by atoms with Gasteiger partial charge in [-0.2, -0.15) is 0 Å². The second-order valence-electron chi connectivity index (χ2n) is 5.85. The monoisotopic (exact) mass is 289 g/mol. The number of hydrogen-bond acceptors (Lipinski definition) is 2. The van der Waals surface area contributed by atoms with Crippen molar-refractivity contribution < 1.29 is 5.11 Å². The van der Waals surface area contributed by atoms with Gasteiger partial charge >= 0.3 is 0 Å². The highest BCUT2D eigenvalue weighted by Crippen LogP contribution is 2.41. The molecule has 0 saturated heterocycles. The molecular weight excluding hydrogens is 270 g/mol. The van der Waals surface area contributed by atoms with Crippen molar-refractivity contribution in [3.8, 4) is 0 Å². The van der Waals surface area contributed by atoms with Crippen molar-refractivity contribution in [3.05, 3.63) is 59.2 Å². The van der Waals surface area contributed by atoms with E-state index in [9.17, 15) is 5.11 Å². The molecule has 1 aromatic carbocycles. The number of allylic oxidation sites excluding steroid dienone is 1. The summed E-state index contributed by atoms with van der Waals surface area (Å²) in [5.41, 5.74) is 3.94. The molecule has 1 aromatic rings. The quantitative estimate of drug-likeness (QED) is 0.802. The molecule has 0 aromatic heterocycles. The van der Waals surface area contributed by atoms with Crippen molar-refractivity contribution in [2.24, 2.45) is 0 Å². The third-order valence-electron chi connectivity index (χ3n) is 4.27. The van der Waals surface area contributed by atoms with Gasteiger partial charge in [-0.15, -0.1) is 0 Å². The molecule has 1 heterocycles. The zero-order valence-corrected chi connectivity index (χ0v) is 12.5. The van der Waals surface area contributed by atoms with Crippen LogP contribution in [0.5, 0.6) is 0 Å². The maximum absolute atomic E-state index is 10.2. The summed E-state index contributed by atoms with van der Waals surface area (Å²) in [7, 11) is 2.16. The van der Waals surface area contributed by atoms with E-state index in [1.54, 1.807) is 6.08 Å². The van der Waals surface area contributed by atoms with E-state index >= 15 is 0 Å². The van der Waals surface area contributed by atoms with Gasteiger partial charge in [-0.05, 0) is 30.7 Å². The van der Waals surface area contributed by atoms with Crippen LogP contribution in [-0.2, 0) is 0 Å². The molecular formula is C17H20ClNO. The van der Waals surface area contributed by atoms with Gasteiger partial charge in [0.2, 0.25) is 0 Å². The van der Waals surface area contributed by atoms with Gasteiger partial charge in [-0.3, -0.25) is 0 Å². The van der Waals surface area contributed by atoms with E-state index < -0.39 is 5.06 Å². The van der Waals surface area contributed by atoms with Gasteiger partial charge in [0.05, 0.1) is 0 Å². The lowest BCUT2D eigenvalue weighted by Crippen LogP contribution is -2.27. The highest BCUT2D eigenvalue weighted by Gasteiger charge is 2.33. The van der Waals surface area contributed by atoms with Crippen LogP contribution in [0, 0.1) is 0 Å². The summed E-state index contributed by atoms with van der Waals surface area (Å²) in [5.74, 6) is 0.314. The fourth-order valence-corrected chi connectivity index (χ4v) is 3.39. The van der Waals surface area contributed by atoms with E-state index in [1.165, 1.54) is 16.7 Å². The molecule has 0 saturated carbocycles. The van der Waals surface area contributed by atoms with E-state index in [4.69, 9.17) is 11.6 Å². The summed E-state index contributed by atoms with van der Waals surface area (Å²) in [6.45, 7) is 2.02. The van der Waals surface area contributed by atoms with E-state index in [0.29, 0.717) is 12.3 Å². The van der Waals surface area contributed by atoms with Crippen LogP contribution in [0.3, 0.4) is 0 Å². The van der Waals surface area contributed by atoms with Crippen LogP contribution >= 0.6 is 11.6 Å². The first-order valence-corrected chi connectivity index (χ1v) is 7.49. The molecule has 0 bridgehead atoms. The van der Waals surface area contributed by atoms with Gasteiger partial charge in [-0.1, -0.05) is 53.6 Å². The molecule has 2 aliphatic rings. The standard InChI is InChI=1S/C17H20ClNO/c1-19-10-8-14-7-9-17(18,20)11-15(14)16(12-19)13-5-3-2-4-6-13/h2-7,9,16,20H,8,10-12H2,1H3. The van der Waals surface area contributed by atoms with Crippen LogP contribution in [-0.4, -0.2) is 35.2 Å². The summed E-state index contributed by atoms with van der Waals surface area (Å²) in [4.78, 5) is 2.36. The van der Waals surface area contributed by atoms with E-state index in [2.05, 4.69) is 36.2 Å². The minimum absolute atomic E-state index is 0.314. The summed E-state index contributed by atoms with van der Waals surface area (Å²) in [6, 6.07) is 10.5. The first-order valence-electron chi connectivity index (χ1n) is 7.11. The van der Waals surface area contributed by atoms with Gasteiger partial charge in [0.1, 0.15) is 0 Å². The highest BCUT2D eigenvalue weighted by atomic mass is 35.5. The van der Waals surface area contributed by atoms with Crippen LogP contribution in [0.1, 0.15) is 24.3 Å². The lowest BCUT2D eigenvalue weighted by molar-refractivity contribution is 0.175. The van der Waals surface area contributed by atoms with Crippen molar-refractivity contribution >= 4 is 11.6 Å². The number of nitrogens with zero attached hydrogens (tertiary/aromatic N) is 1. The fourth-order valence-electron chi connectivity index (χ4n) is 3.18. The maximum Gasteiger partial charge on any atom is 0.161 e. The zero-order valence-electron chi connectivity index (χ0n) is 11.7. The van der Waals surface area contributed by atoms with E-state index in [1.807, 2.05) is 12.1 Å². The summed E-state index contributed by atoms with van der Waals surface area (Å²) in [6.07, 6.45) is 5.29. The van der Waals surface area contributed by atoms with Crippen molar-refractivity contribution in [2.75, 3.05) is 20.1 Å². The highest BCUT2D eigenvalue weighted by molar-refractivity contribution is 6.24. The molecule has 0 fully saturated rings. The number of benzene rings is 1. The molecule has 3 heteroatoms. The third-order valence-corrected chi connectivity index (χ3v) is 4.53.